The van der Waals surface area contributed by atoms with Crippen molar-refractivity contribution in [2.45, 2.75) is 23.3 Å². The van der Waals surface area contributed by atoms with Crippen LogP contribution in [0.15, 0.2) is 33.6 Å². The molecule has 0 amide bonds. The minimum Gasteiger partial charge on any atom is -0.383 e. The summed E-state index contributed by atoms with van der Waals surface area (Å²) >= 11 is 3.27. The first-order valence-corrected chi connectivity index (χ1v) is 8.75. The van der Waals surface area contributed by atoms with E-state index < -0.39 is 10.0 Å². The molecule has 7 heteroatoms. The van der Waals surface area contributed by atoms with Gasteiger partial charge in [0.2, 0.25) is 10.0 Å². The molecule has 0 saturated carbocycles. The van der Waals surface area contributed by atoms with Crippen LogP contribution < -0.4 is 10.0 Å². The molecule has 112 valence electrons. The van der Waals surface area contributed by atoms with E-state index in [1.165, 1.54) is 0 Å². The zero-order valence-corrected chi connectivity index (χ0v) is 13.8. The molecule has 5 nitrogen and oxygen atoms in total. The molecule has 1 fully saturated rings. The van der Waals surface area contributed by atoms with Gasteiger partial charge in [-0.05, 0) is 47.4 Å². The average Bonchev–Trinajstić information content (AvgIpc) is 2.87. The van der Waals surface area contributed by atoms with Gasteiger partial charge in [-0.3, -0.25) is 0 Å². The number of hydrogen-bond donors (Lipinski definition) is 2. The van der Waals surface area contributed by atoms with E-state index in [9.17, 15) is 8.42 Å². The van der Waals surface area contributed by atoms with Gasteiger partial charge in [0.25, 0.3) is 0 Å². The molecule has 0 aliphatic carbocycles. The SMILES string of the molecule is COCC1(CNS(=O)(=O)c2ccccc2Br)CCCN1. The number of nitrogens with one attached hydrogen (secondary N) is 2. The highest BCUT2D eigenvalue weighted by molar-refractivity contribution is 9.10. The summed E-state index contributed by atoms with van der Waals surface area (Å²) < 4.78 is 33.2. The average molecular weight is 363 g/mol. The maximum Gasteiger partial charge on any atom is 0.241 e. The van der Waals surface area contributed by atoms with Crippen LogP contribution in [0.25, 0.3) is 0 Å². The molecular weight excluding hydrogens is 344 g/mol. The molecule has 1 aliphatic heterocycles. The Morgan fingerprint density at radius 1 is 1.45 bits per heavy atom. The quantitative estimate of drug-likeness (QED) is 0.804. The molecule has 1 aromatic carbocycles. The van der Waals surface area contributed by atoms with Crippen molar-refractivity contribution in [2.75, 3.05) is 26.8 Å². The van der Waals surface area contributed by atoms with E-state index in [2.05, 4.69) is 26.0 Å². The number of sulfonamides is 1. The molecule has 2 N–H and O–H groups in total. The van der Waals surface area contributed by atoms with Crippen LogP contribution in [0.4, 0.5) is 0 Å². The van der Waals surface area contributed by atoms with E-state index in [1.54, 1.807) is 31.4 Å². The molecule has 20 heavy (non-hydrogen) atoms. The highest BCUT2D eigenvalue weighted by Crippen LogP contribution is 2.23. The summed E-state index contributed by atoms with van der Waals surface area (Å²) in [5.74, 6) is 0. The van der Waals surface area contributed by atoms with Gasteiger partial charge in [0.05, 0.1) is 17.0 Å². The third-order valence-corrected chi connectivity index (χ3v) is 5.89. The lowest BCUT2D eigenvalue weighted by Crippen LogP contribution is -2.52. The van der Waals surface area contributed by atoms with Crippen molar-refractivity contribution < 1.29 is 13.2 Å². The van der Waals surface area contributed by atoms with Crippen molar-refractivity contribution in [1.82, 2.24) is 10.0 Å². The van der Waals surface area contributed by atoms with Crippen molar-refractivity contribution >= 4 is 26.0 Å². The van der Waals surface area contributed by atoms with Gasteiger partial charge in [0, 0.05) is 18.1 Å². The first-order valence-electron chi connectivity index (χ1n) is 6.47. The van der Waals surface area contributed by atoms with Crippen LogP contribution in [0.5, 0.6) is 0 Å². The van der Waals surface area contributed by atoms with Crippen LogP contribution in [-0.2, 0) is 14.8 Å². The zero-order valence-electron chi connectivity index (χ0n) is 11.4. The highest BCUT2D eigenvalue weighted by atomic mass is 79.9. The number of methoxy groups -OCH3 is 1. The summed E-state index contributed by atoms with van der Waals surface area (Å²) in [5, 5.41) is 3.35. The minimum atomic E-state index is -3.53. The van der Waals surface area contributed by atoms with Gasteiger partial charge in [-0.15, -0.1) is 0 Å². The van der Waals surface area contributed by atoms with Gasteiger partial charge in [-0.2, -0.15) is 0 Å². The number of rotatable bonds is 6. The van der Waals surface area contributed by atoms with Crippen molar-refractivity contribution in [3.63, 3.8) is 0 Å². The normalized spacial score (nSPS) is 23.1. The summed E-state index contributed by atoms with van der Waals surface area (Å²) in [5.41, 5.74) is -0.303. The van der Waals surface area contributed by atoms with E-state index in [4.69, 9.17) is 4.74 Å². The van der Waals surface area contributed by atoms with Crippen LogP contribution in [0.2, 0.25) is 0 Å². The van der Waals surface area contributed by atoms with Crippen molar-refractivity contribution in [1.29, 1.82) is 0 Å². The van der Waals surface area contributed by atoms with Crippen molar-refractivity contribution in [3.8, 4) is 0 Å². The lowest BCUT2D eigenvalue weighted by atomic mass is 9.99. The number of ether oxygens (including phenoxy) is 1. The molecule has 1 saturated heterocycles. The van der Waals surface area contributed by atoms with E-state index in [1.807, 2.05) is 0 Å². The summed E-state index contributed by atoms with van der Waals surface area (Å²) in [6, 6.07) is 6.79. The third-order valence-electron chi connectivity index (χ3n) is 3.48. The fraction of sp³-hybridized carbons (Fsp3) is 0.538. The van der Waals surface area contributed by atoms with Gasteiger partial charge in [0.15, 0.2) is 0 Å². The highest BCUT2D eigenvalue weighted by Gasteiger charge is 2.35. The first-order chi connectivity index (χ1) is 9.49. The third kappa shape index (κ3) is 3.59. The van der Waals surface area contributed by atoms with Crippen molar-refractivity contribution in [2.24, 2.45) is 0 Å². The van der Waals surface area contributed by atoms with E-state index in [-0.39, 0.29) is 10.4 Å². The number of benzene rings is 1. The Balaban J connectivity index is 2.11. The lowest BCUT2D eigenvalue weighted by Gasteiger charge is -2.28. The molecule has 0 bridgehead atoms. The Morgan fingerprint density at radius 2 is 2.20 bits per heavy atom. The molecule has 0 spiro atoms. The van der Waals surface area contributed by atoms with Crippen LogP contribution in [0.1, 0.15) is 12.8 Å². The Kier molecular flexibility index (Phi) is 5.19. The largest absolute Gasteiger partial charge is 0.383 e. The van der Waals surface area contributed by atoms with Gasteiger partial charge in [0.1, 0.15) is 0 Å². The first kappa shape index (κ1) is 15.9. The van der Waals surface area contributed by atoms with Gasteiger partial charge in [-0.1, -0.05) is 12.1 Å². The van der Waals surface area contributed by atoms with Gasteiger partial charge >= 0.3 is 0 Å². The number of hydrogen-bond acceptors (Lipinski definition) is 4. The van der Waals surface area contributed by atoms with Crippen LogP contribution >= 0.6 is 15.9 Å². The molecule has 1 aliphatic rings. The lowest BCUT2D eigenvalue weighted by molar-refractivity contribution is 0.122. The molecule has 0 aromatic heterocycles. The van der Waals surface area contributed by atoms with E-state index >= 15 is 0 Å². The molecular formula is C13H19BrN2O3S. The standard InChI is InChI=1S/C13H19BrN2O3S/c1-19-10-13(7-4-8-15-13)9-16-20(17,18)12-6-3-2-5-11(12)14/h2-3,5-6,15-16H,4,7-10H2,1H3. The summed E-state index contributed by atoms with van der Waals surface area (Å²) in [6.45, 7) is 1.70. The molecule has 1 atom stereocenters. The van der Waals surface area contributed by atoms with Crippen LogP contribution in [0.3, 0.4) is 0 Å². The van der Waals surface area contributed by atoms with Crippen LogP contribution in [0, 0.1) is 0 Å². The Labute approximate surface area is 128 Å². The molecule has 2 rings (SSSR count). The second kappa shape index (κ2) is 6.53. The smallest absolute Gasteiger partial charge is 0.241 e. The summed E-state index contributed by atoms with van der Waals surface area (Å²) in [6.07, 6.45) is 1.93. The monoisotopic (exact) mass is 362 g/mol. The summed E-state index contributed by atoms with van der Waals surface area (Å²) in [7, 11) is -1.90. The fourth-order valence-electron chi connectivity index (χ4n) is 2.44. The molecule has 1 heterocycles. The Morgan fingerprint density at radius 3 is 2.80 bits per heavy atom. The number of halogens is 1. The predicted octanol–water partition coefficient (Wildman–Crippen LogP) is 1.50. The molecule has 0 radical (unpaired) electrons. The van der Waals surface area contributed by atoms with Crippen LogP contribution in [-0.4, -0.2) is 40.8 Å². The Hall–Kier alpha value is -0.470. The maximum absolute atomic E-state index is 12.3. The Bertz CT molecular complexity index is 556. The topological polar surface area (TPSA) is 67.4 Å². The summed E-state index contributed by atoms with van der Waals surface area (Å²) in [4.78, 5) is 0.255. The fourth-order valence-corrected chi connectivity index (χ4v) is 4.57. The van der Waals surface area contributed by atoms with Gasteiger partial charge < -0.3 is 10.1 Å². The van der Waals surface area contributed by atoms with Gasteiger partial charge in [-0.25, -0.2) is 13.1 Å². The second-order valence-electron chi connectivity index (χ2n) is 5.00. The van der Waals surface area contributed by atoms with Crippen molar-refractivity contribution in [3.05, 3.63) is 28.7 Å². The zero-order chi connectivity index (χ0) is 14.6. The molecule has 1 aromatic rings. The minimum absolute atomic E-state index is 0.255. The van der Waals surface area contributed by atoms with E-state index in [0.29, 0.717) is 17.6 Å². The predicted molar refractivity (Wildman–Crippen MR) is 81.2 cm³/mol. The van der Waals surface area contributed by atoms with E-state index in [0.717, 1.165) is 19.4 Å². The second-order valence-corrected chi connectivity index (χ2v) is 7.59. The molecule has 1 unspecified atom stereocenters. The maximum atomic E-state index is 12.3.